The van der Waals surface area contributed by atoms with Gasteiger partial charge in [-0.3, -0.25) is 4.98 Å². The van der Waals surface area contributed by atoms with Crippen LogP contribution < -0.4 is 5.32 Å². The maximum absolute atomic E-state index is 12.0. The number of nitrogens with zero attached hydrogens (tertiary/aromatic N) is 1. The van der Waals surface area contributed by atoms with Gasteiger partial charge in [0.25, 0.3) is 0 Å². The van der Waals surface area contributed by atoms with E-state index in [9.17, 15) is 8.42 Å². The van der Waals surface area contributed by atoms with Crippen LogP contribution in [0.15, 0.2) is 53.7 Å². The molecular weight excluding hydrogens is 272 g/mol. The van der Waals surface area contributed by atoms with Gasteiger partial charge in [0.2, 0.25) is 0 Å². The third-order valence-electron chi connectivity index (χ3n) is 3.05. The molecule has 0 saturated heterocycles. The normalized spacial score (nSPS) is 11.2. The van der Waals surface area contributed by atoms with E-state index in [2.05, 4.69) is 10.3 Å². The lowest BCUT2D eigenvalue weighted by Gasteiger charge is -2.11. The Bertz CT molecular complexity index is 655. The molecule has 1 N–H and O–H groups in total. The quantitative estimate of drug-likeness (QED) is 0.888. The van der Waals surface area contributed by atoms with Crippen molar-refractivity contribution in [3.63, 3.8) is 0 Å². The second-order valence-electron chi connectivity index (χ2n) is 4.44. The molecule has 2 aromatic rings. The fourth-order valence-electron chi connectivity index (χ4n) is 1.93. The van der Waals surface area contributed by atoms with Crippen molar-refractivity contribution in [1.29, 1.82) is 0 Å². The molecule has 0 aliphatic rings. The van der Waals surface area contributed by atoms with Crippen molar-refractivity contribution < 1.29 is 8.42 Å². The predicted octanol–water partition coefficient (Wildman–Crippen LogP) is 2.53. The van der Waals surface area contributed by atoms with Gasteiger partial charge in [-0.1, -0.05) is 25.1 Å². The van der Waals surface area contributed by atoms with Crippen LogP contribution in [0.1, 0.15) is 12.5 Å². The molecule has 1 aromatic heterocycles. The summed E-state index contributed by atoms with van der Waals surface area (Å²) in [7, 11) is -3.20. The number of para-hydroxylation sites is 1. The average molecular weight is 290 g/mol. The fraction of sp³-hybridized carbons (Fsp3) is 0.267. The van der Waals surface area contributed by atoms with Crippen LogP contribution in [-0.2, 0) is 16.3 Å². The van der Waals surface area contributed by atoms with Crippen molar-refractivity contribution >= 4 is 15.5 Å². The molecule has 0 amide bonds. The zero-order valence-corrected chi connectivity index (χ0v) is 12.2. The molecule has 5 heteroatoms. The third kappa shape index (κ3) is 3.57. The molecule has 2 rings (SSSR count). The van der Waals surface area contributed by atoms with Gasteiger partial charge in [-0.2, -0.15) is 0 Å². The van der Waals surface area contributed by atoms with Gasteiger partial charge in [0, 0.05) is 18.9 Å². The minimum atomic E-state index is -3.20. The first-order chi connectivity index (χ1) is 9.63. The lowest BCUT2D eigenvalue weighted by Crippen LogP contribution is -2.11. The highest BCUT2D eigenvalue weighted by Gasteiger charge is 2.15. The van der Waals surface area contributed by atoms with Crippen molar-refractivity contribution in [2.45, 2.75) is 18.2 Å². The van der Waals surface area contributed by atoms with Crippen molar-refractivity contribution in [1.82, 2.24) is 4.98 Å². The summed E-state index contributed by atoms with van der Waals surface area (Å²) < 4.78 is 24.0. The van der Waals surface area contributed by atoms with E-state index in [1.807, 2.05) is 24.4 Å². The number of aromatic nitrogens is 1. The van der Waals surface area contributed by atoms with Gasteiger partial charge in [0.15, 0.2) is 9.84 Å². The molecule has 0 aliphatic carbocycles. The maximum Gasteiger partial charge on any atom is 0.180 e. The van der Waals surface area contributed by atoms with Crippen LogP contribution in [0.25, 0.3) is 0 Å². The van der Waals surface area contributed by atoms with Gasteiger partial charge < -0.3 is 5.32 Å². The van der Waals surface area contributed by atoms with Crippen LogP contribution in [0.2, 0.25) is 0 Å². The molecule has 0 saturated carbocycles. The van der Waals surface area contributed by atoms with E-state index in [1.54, 1.807) is 31.3 Å². The third-order valence-corrected chi connectivity index (χ3v) is 4.84. The molecule has 0 radical (unpaired) electrons. The van der Waals surface area contributed by atoms with Gasteiger partial charge in [0.05, 0.1) is 16.3 Å². The molecule has 1 heterocycles. The minimum Gasteiger partial charge on any atom is -0.384 e. The smallest absolute Gasteiger partial charge is 0.180 e. The number of hydrogen-bond donors (Lipinski definition) is 1. The molecule has 1 aromatic carbocycles. The Morgan fingerprint density at radius 3 is 2.65 bits per heavy atom. The van der Waals surface area contributed by atoms with Crippen LogP contribution in [0.3, 0.4) is 0 Å². The highest BCUT2D eigenvalue weighted by atomic mass is 32.2. The number of rotatable bonds is 6. The summed E-state index contributed by atoms with van der Waals surface area (Å²) in [6.07, 6.45) is 4.35. The topological polar surface area (TPSA) is 59.1 Å². The second kappa shape index (κ2) is 6.52. The number of nitrogens with one attached hydrogen (secondary N) is 1. The number of anilines is 1. The standard InChI is InChI=1S/C15H18N2O2S/c1-2-20(18,19)15-8-4-3-7-14(15)17-11-9-13-6-5-10-16-12-13/h3-8,10,12,17H,2,9,11H2,1H3. The van der Waals surface area contributed by atoms with Gasteiger partial charge in [-0.05, 0) is 30.2 Å². The van der Waals surface area contributed by atoms with Gasteiger partial charge >= 0.3 is 0 Å². The van der Waals surface area contributed by atoms with E-state index in [-0.39, 0.29) is 5.75 Å². The lowest BCUT2D eigenvalue weighted by atomic mass is 10.2. The summed E-state index contributed by atoms with van der Waals surface area (Å²) in [6.45, 7) is 2.32. The van der Waals surface area contributed by atoms with Crippen LogP contribution >= 0.6 is 0 Å². The maximum atomic E-state index is 12.0. The van der Waals surface area contributed by atoms with Crippen molar-refractivity contribution in [2.75, 3.05) is 17.6 Å². The van der Waals surface area contributed by atoms with E-state index in [0.717, 1.165) is 12.0 Å². The predicted molar refractivity (Wildman–Crippen MR) is 80.6 cm³/mol. The summed E-state index contributed by atoms with van der Waals surface area (Å²) >= 11 is 0. The monoisotopic (exact) mass is 290 g/mol. The Kier molecular flexibility index (Phi) is 4.74. The molecule has 0 spiro atoms. The van der Waals surface area contributed by atoms with E-state index in [1.165, 1.54) is 0 Å². The van der Waals surface area contributed by atoms with E-state index < -0.39 is 9.84 Å². The van der Waals surface area contributed by atoms with E-state index in [0.29, 0.717) is 17.1 Å². The highest BCUT2D eigenvalue weighted by molar-refractivity contribution is 7.91. The van der Waals surface area contributed by atoms with Gasteiger partial charge in [-0.25, -0.2) is 8.42 Å². The Balaban J connectivity index is 2.07. The van der Waals surface area contributed by atoms with Crippen LogP contribution in [0.4, 0.5) is 5.69 Å². The highest BCUT2D eigenvalue weighted by Crippen LogP contribution is 2.21. The van der Waals surface area contributed by atoms with Crippen molar-refractivity contribution in [2.24, 2.45) is 0 Å². The van der Waals surface area contributed by atoms with Crippen LogP contribution in [0, 0.1) is 0 Å². The molecule has 106 valence electrons. The molecule has 0 bridgehead atoms. The molecule has 0 atom stereocenters. The molecule has 0 fully saturated rings. The zero-order chi connectivity index (χ0) is 14.4. The molecule has 0 aliphatic heterocycles. The summed E-state index contributed by atoms with van der Waals surface area (Å²) in [5.41, 5.74) is 1.79. The molecule has 0 unspecified atom stereocenters. The largest absolute Gasteiger partial charge is 0.384 e. The minimum absolute atomic E-state index is 0.105. The van der Waals surface area contributed by atoms with Crippen molar-refractivity contribution in [3.8, 4) is 0 Å². The molecular formula is C15H18N2O2S. The van der Waals surface area contributed by atoms with E-state index in [4.69, 9.17) is 0 Å². The number of pyridine rings is 1. The number of sulfone groups is 1. The summed E-state index contributed by atoms with van der Waals surface area (Å²) in [5, 5.41) is 3.20. The SMILES string of the molecule is CCS(=O)(=O)c1ccccc1NCCc1cccnc1. The van der Waals surface area contributed by atoms with Crippen LogP contribution in [-0.4, -0.2) is 25.7 Å². The fourth-order valence-corrected chi connectivity index (χ4v) is 3.00. The van der Waals surface area contributed by atoms with Gasteiger partial charge in [-0.15, -0.1) is 0 Å². The summed E-state index contributed by atoms with van der Waals surface area (Å²) in [5.74, 6) is 0.105. The Morgan fingerprint density at radius 1 is 1.15 bits per heavy atom. The summed E-state index contributed by atoms with van der Waals surface area (Å²) in [6, 6.07) is 10.9. The molecule has 4 nitrogen and oxygen atoms in total. The second-order valence-corrected chi connectivity index (χ2v) is 6.68. The Labute approximate surface area is 119 Å². The molecule has 20 heavy (non-hydrogen) atoms. The van der Waals surface area contributed by atoms with Crippen molar-refractivity contribution in [3.05, 3.63) is 54.4 Å². The lowest BCUT2D eigenvalue weighted by molar-refractivity contribution is 0.597. The van der Waals surface area contributed by atoms with Crippen LogP contribution in [0.5, 0.6) is 0 Å². The first kappa shape index (κ1) is 14.5. The Hall–Kier alpha value is -1.88. The summed E-state index contributed by atoms with van der Waals surface area (Å²) in [4.78, 5) is 4.43. The number of hydrogen-bond acceptors (Lipinski definition) is 4. The van der Waals surface area contributed by atoms with Gasteiger partial charge in [0.1, 0.15) is 0 Å². The number of benzene rings is 1. The Morgan fingerprint density at radius 2 is 1.95 bits per heavy atom. The first-order valence-electron chi connectivity index (χ1n) is 6.58. The zero-order valence-electron chi connectivity index (χ0n) is 11.4. The first-order valence-corrected chi connectivity index (χ1v) is 8.23. The van der Waals surface area contributed by atoms with E-state index >= 15 is 0 Å². The average Bonchev–Trinajstić information content (AvgIpc) is 2.49.